The maximum Gasteiger partial charge on any atom is -1.00 e. The van der Waals surface area contributed by atoms with Crippen LogP contribution in [-0.4, -0.2) is 8.07 Å². The molecule has 0 atom stereocenters. The van der Waals surface area contributed by atoms with E-state index in [2.05, 4.69) is 150 Å². The molecule has 0 aromatic heterocycles. The summed E-state index contributed by atoms with van der Waals surface area (Å²) in [6, 6.07) is 40.8. The van der Waals surface area contributed by atoms with Crippen molar-refractivity contribution >= 4 is 23.6 Å². The van der Waals surface area contributed by atoms with Crippen LogP contribution < -0.4 is 52.8 Å². The second-order valence-corrected chi connectivity index (χ2v) is 17.3. The summed E-state index contributed by atoms with van der Waals surface area (Å²) in [6.07, 6.45) is 15.4. The van der Waals surface area contributed by atoms with Gasteiger partial charge in [-0.1, -0.05) is 0 Å². The molecule has 0 spiro atoms. The van der Waals surface area contributed by atoms with Crippen LogP contribution in [0.4, 0.5) is 0 Å². The van der Waals surface area contributed by atoms with Gasteiger partial charge in [-0.15, -0.1) is 0 Å². The summed E-state index contributed by atoms with van der Waals surface area (Å²) >= 11 is 2.35. The molecule has 0 amide bonds. The Morgan fingerprint density at radius 1 is 0.511 bits per heavy atom. The molecule has 0 unspecified atom stereocenters. The van der Waals surface area contributed by atoms with Crippen LogP contribution in [0.1, 0.15) is 88.0 Å². The average molecular weight is 736 g/mol. The third-order valence-corrected chi connectivity index (χ3v) is 15.3. The van der Waals surface area contributed by atoms with Crippen molar-refractivity contribution in [2.75, 3.05) is 0 Å². The number of aryl methyl sites for hydroxylation is 3. The summed E-state index contributed by atoms with van der Waals surface area (Å²) < 4.78 is 1.46. The zero-order valence-electron chi connectivity index (χ0n) is 28.3. The monoisotopic (exact) mass is 734 g/mol. The molecule has 47 heavy (non-hydrogen) atoms. The fourth-order valence-electron chi connectivity index (χ4n) is 6.92. The molecule has 0 nitrogen and oxygen atoms in total. The molecule has 4 aromatic rings. The van der Waals surface area contributed by atoms with Gasteiger partial charge in [-0.2, -0.15) is 0 Å². The summed E-state index contributed by atoms with van der Waals surface area (Å²) in [5.41, 5.74) is 7.34. The fraction of sp³-hybridized carbons (Fsp3) is 0.333. The second kappa shape index (κ2) is 20.6. The summed E-state index contributed by atoms with van der Waals surface area (Å²) in [7, 11) is -2.58. The van der Waals surface area contributed by atoms with E-state index in [0.717, 1.165) is 32.1 Å². The molecule has 0 fully saturated rings. The summed E-state index contributed by atoms with van der Waals surface area (Å²) in [6.45, 7) is 6.87. The molecule has 246 valence electrons. The third-order valence-electron chi connectivity index (χ3n) is 9.49. The average Bonchev–Trinajstić information content (AvgIpc) is 3.43. The molecule has 0 radical (unpaired) electrons. The van der Waals surface area contributed by atoms with Gasteiger partial charge >= 0.3 is 282 Å². The number of allylic oxidation sites excluding steroid dienone is 4. The Kier molecular flexibility index (Phi) is 18.1. The van der Waals surface area contributed by atoms with Crippen molar-refractivity contribution in [1.82, 2.24) is 0 Å². The van der Waals surface area contributed by atoms with Crippen LogP contribution in [0.15, 0.2) is 124 Å². The second-order valence-electron chi connectivity index (χ2n) is 12.6. The smallest absolute Gasteiger partial charge is 1.00 e. The number of halogens is 3. The normalized spacial score (nSPS) is 12.6. The molecule has 0 bridgehead atoms. The van der Waals surface area contributed by atoms with Crippen LogP contribution in [0.2, 0.25) is 0 Å². The minimum Gasteiger partial charge on any atom is -1.00 e. The number of hydrogen-bond acceptors (Lipinski definition) is 0. The predicted octanol–water partition coefficient (Wildman–Crippen LogP) is 0.110. The van der Waals surface area contributed by atoms with Crippen molar-refractivity contribution in [3.05, 3.63) is 146 Å². The van der Waals surface area contributed by atoms with Gasteiger partial charge in [0.05, 0.1) is 0 Å². The van der Waals surface area contributed by atoms with Crippen LogP contribution in [0.25, 0.3) is 0 Å². The van der Waals surface area contributed by atoms with E-state index in [1.54, 1.807) is 10.8 Å². The molecule has 0 aliphatic heterocycles. The van der Waals surface area contributed by atoms with Crippen LogP contribution in [0.3, 0.4) is 0 Å². The molecule has 5 heteroatoms. The summed E-state index contributed by atoms with van der Waals surface area (Å²) in [5, 5.41) is 6.22. The predicted molar refractivity (Wildman–Crippen MR) is 190 cm³/mol. The van der Waals surface area contributed by atoms with Gasteiger partial charge in [0.1, 0.15) is 0 Å². The van der Waals surface area contributed by atoms with E-state index in [0.29, 0.717) is 0 Å². The minimum atomic E-state index is -2.58. The first kappa shape index (κ1) is 41.3. The Labute approximate surface area is 316 Å². The van der Waals surface area contributed by atoms with Gasteiger partial charge in [0.2, 0.25) is 0 Å². The number of unbranched alkanes of at least 4 members (excludes halogenated alkanes) is 3. The van der Waals surface area contributed by atoms with Crippen LogP contribution >= 0.6 is 0 Å². The largest absolute Gasteiger partial charge is 1.00 e. The van der Waals surface area contributed by atoms with E-state index < -0.39 is 8.07 Å². The van der Waals surface area contributed by atoms with Crippen molar-refractivity contribution in [2.45, 2.75) is 91.4 Å². The molecule has 4 aromatic carbocycles. The molecule has 1 aliphatic carbocycles. The van der Waals surface area contributed by atoms with Gasteiger partial charge in [0.15, 0.2) is 0 Å². The Morgan fingerprint density at radius 2 is 0.894 bits per heavy atom. The Morgan fingerprint density at radius 3 is 1.26 bits per heavy atom. The van der Waals surface area contributed by atoms with E-state index in [-0.39, 0.29) is 37.2 Å². The molecule has 0 N–H and O–H groups in total. The maximum absolute atomic E-state index is 2.58. The van der Waals surface area contributed by atoms with Gasteiger partial charge in [-0.25, -0.2) is 0 Å². The summed E-state index contributed by atoms with van der Waals surface area (Å²) in [5.74, 6) is 0. The van der Waals surface area contributed by atoms with E-state index >= 15 is 0 Å². The van der Waals surface area contributed by atoms with Gasteiger partial charge in [-0.05, 0) is 0 Å². The Balaban J connectivity index is 0.00000256. The van der Waals surface area contributed by atoms with E-state index in [1.807, 2.05) is 0 Å². The fourth-order valence-corrected chi connectivity index (χ4v) is 12.8. The zero-order chi connectivity index (χ0) is 30.8. The first-order valence-electron chi connectivity index (χ1n) is 17.1. The Bertz CT molecular complexity index is 1420. The molecule has 0 saturated heterocycles. The standard InChI is InChI=1S/C42H49Si.3ClH.Ti/c1-4-7-14-34-21-27-39(28-22-34)43(40-29-23-35(24-30-40)15-8-5-2,41-31-25-36(26-32-41)16-9-6-3)42-20-13-19-38(42)33-37-17-11-10-12-18-37;;;;/h10-13,17-18,21-32H,4-9,14-16,20,33H2,1-3H3;3*1H;/q;;;;+3/p-3. The van der Waals surface area contributed by atoms with E-state index in [1.165, 1.54) is 80.2 Å². The van der Waals surface area contributed by atoms with E-state index in [9.17, 15) is 0 Å². The number of hydrogen-bond donors (Lipinski definition) is 0. The first-order valence-corrected chi connectivity index (χ1v) is 19.8. The molecule has 5 rings (SSSR count). The van der Waals surface area contributed by atoms with Gasteiger partial charge in [0, 0.05) is 0 Å². The minimum absolute atomic E-state index is 0. The van der Waals surface area contributed by atoms with Crippen LogP contribution in [0, 0.1) is 0 Å². The molecule has 0 saturated carbocycles. The third kappa shape index (κ3) is 9.87. The molecular weight excluding hydrogens is 687 g/mol. The summed E-state index contributed by atoms with van der Waals surface area (Å²) in [4.78, 5) is 0. The topological polar surface area (TPSA) is 0 Å². The quantitative estimate of drug-likeness (QED) is 0.120. The van der Waals surface area contributed by atoms with Crippen molar-refractivity contribution in [1.29, 1.82) is 0 Å². The van der Waals surface area contributed by atoms with Crippen molar-refractivity contribution in [2.24, 2.45) is 0 Å². The Hall–Kier alpha value is -1.84. The van der Waals surface area contributed by atoms with Gasteiger partial charge in [-0.3, -0.25) is 0 Å². The molecule has 1 aliphatic rings. The zero-order valence-corrected chi connectivity index (χ0v) is 33.1. The van der Waals surface area contributed by atoms with Gasteiger partial charge < -0.3 is 37.2 Å². The van der Waals surface area contributed by atoms with E-state index in [4.69, 9.17) is 0 Å². The van der Waals surface area contributed by atoms with Gasteiger partial charge in [0.25, 0.3) is 0 Å². The maximum atomic E-state index is 2.51. The van der Waals surface area contributed by atoms with Crippen molar-refractivity contribution in [3.8, 4) is 0 Å². The first-order chi connectivity index (χ1) is 21.6. The molecule has 0 heterocycles. The van der Waals surface area contributed by atoms with Crippen LogP contribution in [0.5, 0.6) is 0 Å². The van der Waals surface area contributed by atoms with Crippen LogP contribution in [-0.2, 0) is 46.1 Å². The van der Waals surface area contributed by atoms with Crippen molar-refractivity contribution < 1.29 is 57.7 Å². The molecular formula is C42H49Cl3SiTi. The number of benzene rings is 4. The SMILES string of the molecule is CCCCc1ccc([Si](C2=C(Cc3ccccc3)[C]([Ti+3])=CC2)(c2ccc(CCCC)cc2)c2ccc(CCCC)cc2)cc1.[Cl-].[Cl-].[Cl-]. The number of rotatable bonds is 15. The van der Waals surface area contributed by atoms with Crippen molar-refractivity contribution in [3.63, 3.8) is 0 Å².